The number of piperazine rings is 1. The SMILES string of the molecule is O=C(C=Cc1ccc(Cl)cc1)N1CCN(c2ccc([N+](=O)[O-])c(NC3CC3)c2)CC1. The van der Waals surface area contributed by atoms with E-state index in [1.807, 2.05) is 23.1 Å². The number of nitro groups is 1. The van der Waals surface area contributed by atoms with Gasteiger partial charge < -0.3 is 15.1 Å². The van der Waals surface area contributed by atoms with Gasteiger partial charge in [0.1, 0.15) is 5.69 Å². The lowest BCUT2D eigenvalue weighted by molar-refractivity contribution is -0.384. The highest BCUT2D eigenvalue weighted by Gasteiger charge is 2.26. The highest BCUT2D eigenvalue weighted by molar-refractivity contribution is 6.30. The van der Waals surface area contributed by atoms with Gasteiger partial charge in [0.05, 0.1) is 4.92 Å². The summed E-state index contributed by atoms with van der Waals surface area (Å²) in [6.07, 6.45) is 5.47. The Labute approximate surface area is 180 Å². The monoisotopic (exact) mass is 426 g/mol. The zero-order valence-corrected chi connectivity index (χ0v) is 17.2. The van der Waals surface area contributed by atoms with Gasteiger partial charge in [0.15, 0.2) is 0 Å². The van der Waals surface area contributed by atoms with Gasteiger partial charge in [-0.15, -0.1) is 0 Å². The summed E-state index contributed by atoms with van der Waals surface area (Å²) in [5.74, 6) is -0.0237. The molecule has 0 atom stereocenters. The molecule has 1 amide bonds. The van der Waals surface area contributed by atoms with Gasteiger partial charge in [-0.25, -0.2) is 0 Å². The standard InChI is InChI=1S/C22H23ClN4O3/c23-17-4-1-16(2-5-17)3-10-22(28)26-13-11-25(12-14-26)19-8-9-21(27(29)30)20(15-19)24-18-6-7-18/h1-5,8-10,15,18,24H,6-7,11-14H2. The normalized spacial score (nSPS) is 16.7. The van der Waals surface area contributed by atoms with Crippen LogP contribution in [0.5, 0.6) is 0 Å². The lowest BCUT2D eigenvalue weighted by Crippen LogP contribution is -2.48. The van der Waals surface area contributed by atoms with Crippen LogP contribution in [0.25, 0.3) is 6.08 Å². The highest BCUT2D eigenvalue weighted by Crippen LogP contribution is 2.34. The first kappa shape index (κ1) is 20.2. The zero-order chi connectivity index (χ0) is 21.1. The minimum Gasteiger partial charge on any atom is -0.377 e. The maximum Gasteiger partial charge on any atom is 0.292 e. The maximum atomic E-state index is 12.5. The lowest BCUT2D eigenvalue weighted by Gasteiger charge is -2.35. The van der Waals surface area contributed by atoms with E-state index < -0.39 is 0 Å². The summed E-state index contributed by atoms with van der Waals surface area (Å²) < 4.78 is 0. The topological polar surface area (TPSA) is 78.7 Å². The number of rotatable bonds is 6. The average Bonchev–Trinajstić information content (AvgIpc) is 3.57. The Bertz CT molecular complexity index is 965. The molecule has 4 rings (SSSR count). The third-order valence-electron chi connectivity index (χ3n) is 5.36. The van der Waals surface area contributed by atoms with Gasteiger partial charge in [-0.3, -0.25) is 14.9 Å². The minimum atomic E-state index is -0.349. The molecule has 1 aliphatic carbocycles. The summed E-state index contributed by atoms with van der Waals surface area (Å²) in [4.78, 5) is 27.4. The highest BCUT2D eigenvalue weighted by atomic mass is 35.5. The van der Waals surface area contributed by atoms with E-state index in [9.17, 15) is 14.9 Å². The Kier molecular flexibility index (Phi) is 5.90. The second-order valence-corrected chi connectivity index (χ2v) is 8.01. The van der Waals surface area contributed by atoms with Crippen molar-refractivity contribution in [2.75, 3.05) is 36.4 Å². The third-order valence-corrected chi connectivity index (χ3v) is 5.61. The second kappa shape index (κ2) is 8.75. The molecule has 1 aliphatic heterocycles. The van der Waals surface area contributed by atoms with Crippen LogP contribution in [0.1, 0.15) is 18.4 Å². The van der Waals surface area contributed by atoms with Crippen LogP contribution in [-0.2, 0) is 4.79 Å². The number of hydrogen-bond donors (Lipinski definition) is 1. The Balaban J connectivity index is 1.37. The Morgan fingerprint density at radius 1 is 1.10 bits per heavy atom. The van der Waals surface area contributed by atoms with E-state index in [1.54, 1.807) is 36.4 Å². The molecule has 0 bridgehead atoms. The molecule has 1 saturated heterocycles. The molecule has 2 aromatic rings. The van der Waals surface area contributed by atoms with Crippen LogP contribution in [0.3, 0.4) is 0 Å². The van der Waals surface area contributed by atoms with Crippen molar-refractivity contribution in [2.45, 2.75) is 18.9 Å². The number of hydrogen-bond acceptors (Lipinski definition) is 5. The molecule has 2 aromatic carbocycles. The van der Waals surface area contributed by atoms with Crippen LogP contribution < -0.4 is 10.2 Å². The average molecular weight is 427 g/mol. The van der Waals surface area contributed by atoms with E-state index in [0.717, 1.165) is 24.1 Å². The van der Waals surface area contributed by atoms with E-state index in [0.29, 0.717) is 42.9 Å². The molecule has 0 aromatic heterocycles. The van der Waals surface area contributed by atoms with Crippen LogP contribution in [-0.4, -0.2) is 48.0 Å². The van der Waals surface area contributed by atoms with Crippen molar-refractivity contribution < 1.29 is 9.72 Å². The molecule has 2 aliphatic rings. The summed E-state index contributed by atoms with van der Waals surface area (Å²) >= 11 is 5.88. The molecule has 0 spiro atoms. The van der Waals surface area contributed by atoms with Crippen LogP contribution in [0.15, 0.2) is 48.5 Å². The first-order valence-corrected chi connectivity index (χ1v) is 10.4. The zero-order valence-electron chi connectivity index (χ0n) is 16.5. The summed E-state index contributed by atoms with van der Waals surface area (Å²) in [5.41, 5.74) is 2.54. The van der Waals surface area contributed by atoms with Gasteiger partial charge in [-0.2, -0.15) is 0 Å². The molecule has 1 saturated carbocycles. The van der Waals surface area contributed by atoms with Crippen molar-refractivity contribution >= 4 is 40.6 Å². The number of nitrogens with one attached hydrogen (secondary N) is 1. The second-order valence-electron chi connectivity index (χ2n) is 7.57. The molecule has 8 heteroatoms. The van der Waals surface area contributed by atoms with Crippen LogP contribution in [0, 0.1) is 10.1 Å². The summed E-state index contributed by atoms with van der Waals surface area (Å²) in [5, 5.41) is 15.2. The van der Waals surface area contributed by atoms with E-state index >= 15 is 0 Å². The van der Waals surface area contributed by atoms with E-state index in [-0.39, 0.29) is 16.5 Å². The smallest absolute Gasteiger partial charge is 0.292 e. The maximum absolute atomic E-state index is 12.5. The molecular formula is C22H23ClN4O3. The van der Waals surface area contributed by atoms with Gasteiger partial charge in [-0.1, -0.05) is 23.7 Å². The number of nitrogens with zero attached hydrogens (tertiary/aromatic N) is 3. The quantitative estimate of drug-likeness (QED) is 0.425. The first-order chi connectivity index (χ1) is 14.5. The number of amides is 1. The Morgan fingerprint density at radius 2 is 1.80 bits per heavy atom. The fourth-order valence-electron chi connectivity index (χ4n) is 3.47. The van der Waals surface area contributed by atoms with Crippen molar-refractivity contribution in [2.24, 2.45) is 0 Å². The molecule has 30 heavy (non-hydrogen) atoms. The molecule has 0 radical (unpaired) electrons. The molecule has 1 N–H and O–H groups in total. The largest absolute Gasteiger partial charge is 0.377 e. The van der Waals surface area contributed by atoms with Gasteiger partial charge in [0, 0.05) is 55.1 Å². The van der Waals surface area contributed by atoms with Crippen molar-refractivity contribution in [3.05, 3.63) is 69.2 Å². The Morgan fingerprint density at radius 3 is 2.43 bits per heavy atom. The fourth-order valence-corrected chi connectivity index (χ4v) is 3.60. The first-order valence-electron chi connectivity index (χ1n) is 10.0. The summed E-state index contributed by atoms with van der Waals surface area (Å²) in [6, 6.07) is 12.9. The number of benzene rings is 2. The van der Waals surface area contributed by atoms with Crippen LogP contribution >= 0.6 is 11.6 Å². The number of nitro benzene ring substituents is 1. The lowest BCUT2D eigenvalue weighted by atomic mass is 10.2. The minimum absolute atomic E-state index is 0.0237. The van der Waals surface area contributed by atoms with Gasteiger partial charge in [0.2, 0.25) is 5.91 Å². The van der Waals surface area contributed by atoms with Crippen LogP contribution in [0.2, 0.25) is 5.02 Å². The van der Waals surface area contributed by atoms with Gasteiger partial charge in [-0.05, 0) is 48.7 Å². The van der Waals surface area contributed by atoms with E-state index in [2.05, 4.69) is 10.2 Å². The number of halogens is 1. The summed E-state index contributed by atoms with van der Waals surface area (Å²) in [7, 11) is 0. The molecule has 2 fully saturated rings. The molecule has 7 nitrogen and oxygen atoms in total. The summed E-state index contributed by atoms with van der Waals surface area (Å²) in [6.45, 7) is 2.57. The van der Waals surface area contributed by atoms with Gasteiger partial charge in [0.25, 0.3) is 5.69 Å². The van der Waals surface area contributed by atoms with Crippen molar-refractivity contribution in [3.63, 3.8) is 0 Å². The van der Waals surface area contributed by atoms with Crippen molar-refractivity contribution in [3.8, 4) is 0 Å². The van der Waals surface area contributed by atoms with Crippen molar-refractivity contribution in [1.29, 1.82) is 0 Å². The predicted molar refractivity (Wildman–Crippen MR) is 119 cm³/mol. The van der Waals surface area contributed by atoms with E-state index in [4.69, 9.17) is 11.6 Å². The predicted octanol–water partition coefficient (Wildman–Crippen LogP) is 4.18. The fraction of sp³-hybridized carbons (Fsp3) is 0.318. The molecule has 0 unspecified atom stereocenters. The third kappa shape index (κ3) is 4.91. The molecule has 156 valence electrons. The van der Waals surface area contributed by atoms with Crippen molar-refractivity contribution in [1.82, 2.24) is 4.90 Å². The van der Waals surface area contributed by atoms with Gasteiger partial charge >= 0.3 is 0 Å². The Hall–Kier alpha value is -3.06. The molecule has 1 heterocycles. The number of carbonyl (C=O) groups is 1. The van der Waals surface area contributed by atoms with E-state index in [1.165, 1.54) is 0 Å². The number of carbonyl (C=O) groups excluding carboxylic acids is 1. The van der Waals surface area contributed by atoms with Crippen LogP contribution in [0.4, 0.5) is 17.1 Å². The number of anilines is 2. The molecular weight excluding hydrogens is 404 g/mol.